The molecule has 0 bridgehead atoms. The maximum atomic E-state index is 3.98. The standard InChI is InChI=1S/C12H21N/c1-6-10(2)13-8-7-11(9-13)12(3,4)5/h6,11H,1-2,7-9H2,3-5H3. The molecule has 0 aromatic rings. The quantitative estimate of drug-likeness (QED) is 0.589. The third-order valence-electron chi connectivity index (χ3n) is 3.05. The Morgan fingerprint density at radius 3 is 2.46 bits per heavy atom. The van der Waals surface area contributed by atoms with E-state index < -0.39 is 0 Å². The summed E-state index contributed by atoms with van der Waals surface area (Å²) in [6.07, 6.45) is 3.14. The molecule has 0 saturated carbocycles. The van der Waals surface area contributed by atoms with Crippen molar-refractivity contribution in [3.8, 4) is 0 Å². The molecule has 0 radical (unpaired) electrons. The van der Waals surface area contributed by atoms with Crippen molar-refractivity contribution in [3.63, 3.8) is 0 Å². The summed E-state index contributed by atoms with van der Waals surface area (Å²) in [4.78, 5) is 2.34. The van der Waals surface area contributed by atoms with Crippen LogP contribution in [0.1, 0.15) is 27.2 Å². The topological polar surface area (TPSA) is 3.24 Å². The van der Waals surface area contributed by atoms with Crippen LogP contribution in [0, 0.1) is 11.3 Å². The van der Waals surface area contributed by atoms with Gasteiger partial charge in [0.05, 0.1) is 0 Å². The average Bonchev–Trinajstić information content (AvgIpc) is 2.50. The van der Waals surface area contributed by atoms with E-state index in [-0.39, 0.29) is 0 Å². The Morgan fingerprint density at radius 1 is 1.46 bits per heavy atom. The molecule has 1 nitrogen and oxygen atoms in total. The van der Waals surface area contributed by atoms with Crippen LogP contribution in [0.3, 0.4) is 0 Å². The van der Waals surface area contributed by atoms with Gasteiger partial charge in [-0.05, 0) is 23.8 Å². The predicted molar refractivity (Wildman–Crippen MR) is 58.5 cm³/mol. The Labute approximate surface area is 82.1 Å². The van der Waals surface area contributed by atoms with Crippen molar-refractivity contribution in [1.82, 2.24) is 4.90 Å². The van der Waals surface area contributed by atoms with E-state index in [4.69, 9.17) is 0 Å². The molecule has 0 aromatic heterocycles. The van der Waals surface area contributed by atoms with E-state index >= 15 is 0 Å². The molecule has 0 amide bonds. The van der Waals surface area contributed by atoms with Gasteiger partial charge in [-0.2, -0.15) is 0 Å². The van der Waals surface area contributed by atoms with Crippen LogP contribution in [0.2, 0.25) is 0 Å². The summed E-state index contributed by atoms with van der Waals surface area (Å²) in [6.45, 7) is 17.0. The minimum atomic E-state index is 0.427. The lowest BCUT2D eigenvalue weighted by Gasteiger charge is -2.27. The molecule has 1 unspecified atom stereocenters. The van der Waals surface area contributed by atoms with Crippen molar-refractivity contribution < 1.29 is 0 Å². The van der Waals surface area contributed by atoms with Gasteiger partial charge in [0.25, 0.3) is 0 Å². The molecule has 0 spiro atoms. The average molecular weight is 179 g/mol. The van der Waals surface area contributed by atoms with Gasteiger partial charge in [0.1, 0.15) is 0 Å². The molecule has 1 rings (SSSR count). The Kier molecular flexibility index (Phi) is 2.84. The maximum absolute atomic E-state index is 3.98. The van der Waals surface area contributed by atoms with E-state index in [1.807, 2.05) is 6.08 Å². The predicted octanol–water partition coefficient (Wildman–Crippen LogP) is 3.05. The number of rotatable bonds is 2. The molecule has 1 aliphatic heterocycles. The second-order valence-corrected chi connectivity index (χ2v) is 4.99. The van der Waals surface area contributed by atoms with Gasteiger partial charge in [0.2, 0.25) is 0 Å². The van der Waals surface area contributed by atoms with E-state index in [0.717, 1.165) is 24.7 Å². The lowest BCUT2D eigenvalue weighted by molar-refractivity contribution is 0.244. The first kappa shape index (κ1) is 10.4. The summed E-state index contributed by atoms with van der Waals surface area (Å²) in [5.74, 6) is 0.796. The summed E-state index contributed by atoms with van der Waals surface area (Å²) in [7, 11) is 0. The van der Waals surface area contributed by atoms with Crippen molar-refractivity contribution in [2.24, 2.45) is 11.3 Å². The fraction of sp³-hybridized carbons (Fsp3) is 0.667. The molecule has 1 fully saturated rings. The first-order chi connectivity index (χ1) is 5.95. The highest BCUT2D eigenvalue weighted by Crippen LogP contribution is 2.34. The van der Waals surface area contributed by atoms with Gasteiger partial charge in [-0.3, -0.25) is 0 Å². The zero-order valence-corrected chi connectivity index (χ0v) is 9.14. The molecule has 1 aliphatic rings. The van der Waals surface area contributed by atoms with Crippen molar-refractivity contribution in [1.29, 1.82) is 0 Å². The first-order valence-electron chi connectivity index (χ1n) is 5.01. The maximum Gasteiger partial charge on any atom is 0.0287 e. The monoisotopic (exact) mass is 179 g/mol. The van der Waals surface area contributed by atoms with Gasteiger partial charge in [0, 0.05) is 18.8 Å². The highest BCUT2D eigenvalue weighted by Gasteiger charge is 2.31. The SMILES string of the molecule is C=CC(=C)N1CCC(C(C)(C)C)C1. The third kappa shape index (κ3) is 2.36. The van der Waals surface area contributed by atoms with Crippen LogP contribution in [0.4, 0.5) is 0 Å². The lowest BCUT2D eigenvalue weighted by atomic mass is 9.80. The molecule has 1 heterocycles. The molecule has 0 aliphatic carbocycles. The van der Waals surface area contributed by atoms with Crippen molar-refractivity contribution in [2.75, 3.05) is 13.1 Å². The van der Waals surface area contributed by atoms with Crippen LogP contribution < -0.4 is 0 Å². The minimum Gasteiger partial charge on any atom is -0.372 e. The molecule has 74 valence electrons. The van der Waals surface area contributed by atoms with Gasteiger partial charge in [-0.15, -0.1) is 0 Å². The van der Waals surface area contributed by atoms with E-state index in [9.17, 15) is 0 Å². The minimum absolute atomic E-state index is 0.427. The lowest BCUT2D eigenvalue weighted by Crippen LogP contribution is -2.24. The molecule has 1 saturated heterocycles. The van der Waals surface area contributed by atoms with Crippen LogP contribution in [0.5, 0.6) is 0 Å². The molecular formula is C12H21N. The van der Waals surface area contributed by atoms with E-state index in [0.29, 0.717) is 5.41 Å². The number of hydrogen-bond donors (Lipinski definition) is 0. The van der Waals surface area contributed by atoms with E-state index in [2.05, 4.69) is 38.8 Å². The first-order valence-corrected chi connectivity index (χ1v) is 5.01. The van der Waals surface area contributed by atoms with Crippen LogP contribution in [-0.2, 0) is 0 Å². The Balaban J connectivity index is 2.54. The molecular weight excluding hydrogens is 158 g/mol. The molecule has 1 atom stereocenters. The summed E-state index contributed by atoms with van der Waals surface area (Å²) in [5.41, 5.74) is 1.50. The van der Waals surface area contributed by atoms with Crippen LogP contribution >= 0.6 is 0 Å². The second-order valence-electron chi connectivity index (χ2n) is 4.99. The van der Waals surface area contributed by atoms with Gasteiger partial charge in [0.15, 0.2) is 0 Å². The molecule has 0 aromatic carbocycles. The largest absolute Gasteiger partial charge is 0.372 e. The van der Waals surface area contributed by atoms with Crippen LogP contribution in [0.25, 0.3) is 0 Å². The summed E-state index contributed by atoms with van der Waals surface area (Å²) < 4.78 is 0. The summed E-state index contributed by atoms with van der Waals surface area (Å²) in [6, 6.07) is 0. The van der Waals surface area contributed by atoms with Crippen LogP contribution in [-0.4, -0.2) is 18.0 Å². The van der Waals surface area contributed by atoms with Crippen molar-refractivity contribution >= 4 is 0 Å². The summed E-state index contributed by atoms with van der Waals surface area (Å²) in [5, 5.41) is 0. The van der Waals surface area contributed by atoms with Gasteiger partial charge in [-0.25, -0.2) is 0 Å². The fourth-order valence-corrected chi connectivity index (χ4v) is 1.86. The van der Waals surface area contributed by atoms with Gasteiger partial charge >= 0.3 is 0 Å². The number of nitrogens with zero attached hydrogens (tertiary/aromatic N) is 1. The number of allylic oxidation sites excluding steroid dienone is 1. The van der Waals surface area contributed by atoms with Gasteiger partial charge < -0.3 is 4.90 Å². The van der Waals surface area contributed by atoms with E-state index in [1.165, 1.54) is 6.42 Å². The second kappa shape index (κ2) is 3.57. The number of hydrogen-bond acceptors (Lipinski definition) is 1. The highest BCUT2D eigenvalue weighted by molar-refractivity contribution is 5.11. The Hall–Kier alpha value is -0.720. The van der Waals surface area contributed by atoms with Gasteiger partial charge in [-0.1, -0.05) is 33.9 Å². The summed E-state index contributed by atoms with van der Waals surface area (Å²) >= 11 is 0. The fourth-order valence-electron chi connectivity index (χ4n) is 1.86. The molecule has 0 N–H and O–H groups in total. The zero-order chi connectivity index (χ0) is 10.1. The highest BCUT2D eigenvalue weighted by atomic mass is 15.2. The Morgan fingerprint density at radius 2 is 2.08 bits per heavy atom. The Bertz CT molecular complexity index is 210. The smallest absolute Gasteiger partial charge is 0.0287 e. The molecule has 1 heteroatoms. The molecule has 13 heavy (non-hydrogen) atoms. The van der Waals surface area contributed by atoms with Crippen molar-refractivity contribution in [2.45, 2.75) is 27.2 Å². The van der Waals surface area contributed by atoms with Crippen LogP contribution in [0.15, 0.2) is 24.9 Å². The van der Waals surface area contributed by atoms with Crippen molar-refractivity contribution in [3.05, 3.63) is 24.9 Å². The number of likely N-dealkylation sites (tertiary alicyclic amines) is 1. The zero-order valence-electron chi connectivity index (χ0n) is 9.14. The normalized spacial score (nSPS) is 23.3. The van der Waals surface area contributed by atoms with E-state index in [1.54, 1.807) is 0 Å². The third-order valence-corrected chi connectivity index (χ3v) is 3.05.